The second-order valence-corrected chi connectivity index (χ2v) is 7.46. The van der Waals surface area contributed by atoms with Gasteiger partial charge in [-0.25, -0.2) is 0 Å². The van der Waals surface area contributed by atoms with Crippen molar-refractivity contribution in [1.29, 1.82) is 0 Å². The molecule has 2 aromatic rings. The number of aromatic hydroxyl groups is 1. The van der Waals surface area contributed by atoms with E-state index >= 15 is 0 Å². The molecule has 1 unspecified atom stereocenters. The first-order valence-electron chi connectivity index (χ1n) is 10.1. The van der Waals surface area contributed by atoms with E-state index in [0.29, 0.717) is 35.4 Å². The number of carbonyl (C=O) groups excluding carboxylic acids is 2. The van der Waals surface area contributed by atoms with Crippen LogP contribution in [0.25, 0.3) is 5.76 Å². The Morgan fingerprint density at radius 1 is 1.10 bits per heavy atom. The van der Waals surface area contributed by atoms with Gasteiger partial charge in [-0.2, -0.15) is 0 Å². The summed E-state index contributed by atoms with van der Waals surface area (Å²) in [6.45, 7) is 4.14. The maximum atomic E-state index is 13.0. The summed E-state index contributed by atoms with van der Waals surface area (Å²) in [4.78, 5) is 27.3. The molecule has 31 heavy (non-hydrogen) atoms. The highest BCUT2D eigenvalue weighted by Gasteiger charge is 2.46. The van der Waals surface area contributed by atoms with E-state index in [4.69, 9.17) is 9.47 Å². The molecule has 0 saturated carbocycles. The van der Waals surface area contributed by atoms with Crippen LogP contribution in [0.3, 0.4) is 0 Å². The molecule has 0 spiro atoms. The van der Waals surface area contributed by atoms with Crippen LogP contribution < -0.4 is 9.47 Å². The van der Waals surface area contributed by atoms with Gasteiger partial charge in [-0.15, -0.1) is 0 Å². The van der Waals surface area contributed by atoms with Crippen LogP contribution in [0.15, 0.2) is 42.0 Å². The number of likely N-dealkylation sites (tertiary alicyclic amines) is 1. The van der Waals surface area contributed by atoms with Crippen molar-refractivity contribution in [2.24, 2.45) is 0 Å². The number of unbranched alkanes of at least 4 members (excludes halogenated alkanes) is 1. The molecule has 2 aromatic carbocycles. The Balaban J connectivity index is 2.20. The number of carbonyl (C=O) groups is 2. The van der Waals surface area contributed by atoms with Gasteiger partial charge in [0.1, 0.15) is 11.5 Å². The molecule has 0 radical (unpaired) electrons. The molecule has 3 rings (SSSR count). The van der Waals surface area contributed by atoms with Crippen LogP contribution in [0.5, 0.6) is 17.2 Å². The van der Waals surface area contributed by atoms with Gasteiger partial charge in [0.2, 0.25) is 0 Å². The van der Waals surface area contributed by atoms with Gasteiger partial charge in [-0.3, -0.25) is 9.59 Å². The number of methoxy groups -OCH3 is 2. The van der Waals surface area contributed by atoms with E-state index in [1.807, 2.05) is 6.92 Å². The predicted molar refractivity (Wildman–Crippen MR) is 116 cm³/mol. The molecule has 0 aromatic heterocycles. The number of aryl methyl sites for hydroxylation is 1. The number of aliphatic hydroxyl groups is 1. The maximum absolute atomic E-state index is 13.0. The Bertz CT molecular complexity index is 1040. The van der Waals surface area contributed by atoms with E-state index < -0.39 is 17.7 Å². The summed E-state index contributed by atoms with van der Waals surface area (Å²) < 4.78 is 10.3. The van der Waals surface area contributed by atoms with Gasteiger partial charge in [0.05, 0.1) is 25.8 Å². The molecule has 1 aliphatic rings. The highest BCUT2D eigenvalue weighted by molar-refractivity contribution is 6.46. The summed E-state index contributed by atoms with van der Waals surface area (Å²) in [5.74, 6) is -0.876. The van der Waals surface area contributed by atoms with Gasteiger partial charge in [0.25, 0.3) is 11.7 Å². The molecule has 2 N–H and O–H groups in total. The van der Waals surface area contributed by atoms with E-state index in [1.165, 1.54) is 18.1 Å². The summed E-state index contributed by atoms with van der Waals surface area (Å²) in [5.41, 5.74) is 1.66. The number of nitrogens with zero attached hydrogens (tertiary/aromatic N) is 1. The van der Waals surface area contributed by atoms with Crippen LogP contribution in [0.1, 0.15) is 42.5 Å². The van der Waals surface area contributed by atoms with Crippen molar-refractivity contribution in [1.82, 2.24) is 4.90 Å². The lowest BCUT2D eigenvalue weighted by atomic mass is 9.93. The summed E-state index contributed by atoms with van der Waals surface area (Å²) in [7, 11) is 2.98. The Kier molecular flexibility index (Phi) is 6.53. The normalized spacial score (nSPS) is 17.8. The number of benzene rings is 2. The largest absolute Gasteiger partial charge is 0.507 e. The summed E-state index contributed by atoms with van der Waals surface area (Å²) in [6, 6.07) is 8.99. The third-order valence-electron chi connectivity index (χ3n) is 5.50. The minimum Gasteiger partial charge on any atom is -0.507 e. The number of Topliss-reactive ketones (excluding diaryl/α,β-unsaturated/α-hetero) is 1. The van der Waals surface area contributed by atoms with Crippen molar-refractivity contribution >= 4 is 17.4 Å². The zero-order chi connectivity index (χ0) is 22.7. The smallest absolute Gasteiger partial charge is 0.295 e. The van der Waals surface area contributed by atoms with Gasteiger partial charge in [-0.05, 0) is 54.8 Å². The predicted octanol–water partition coefficient (Wildman–Crippen LogP) is 3.94. The number of ether oxygens (including phenoxy) is 2. The second-order valence-electron chi connectivity index (χ2n) is 7.46. The van der Waals surface area contributed by atoms with Crippen LogP contribution in [-0.2, 0) is 9.59 Å². The zero-order valence-corrected chi connectivity index (χ0v) is 18.1. The highest BCUT2D eigenvalue weighted by atomic mass is 16.5. The first-order chi connectivity index (χ1) is 14.8. The van der Waals surface area contributed by atoms with E-state index in [0.717, 1.165) is 6.42 Å². The van der Waals surface area contributed by atoms with E-state index in [1.54, 1.807) is 44.4 Å². The molecule has 1 aliphatic heterocycles. The third kappa shape index (κ3) is 4.08. The number of phenolic OH excluding ortho intramolecular Hbond substituents is 1. The molecule has 0 bridgehead atoms. The maximum Gasteiger partial charge on any atom is 0.295 e. The quantitative estimate of drug-likeness (QED) is 0.396. The molecule has 0 aliphatic carbocycles. The van der Waals surface area contributed by atoms with Crippen LogP contribution in [0, 0.1) is 6.92 Å². The Hall–Kier alpha value is -3.48. The highest BCUT2D eigenvalue weighted by Crippen LogP contribution is 2.42. The summed E-state index contributed by atoms with van der Waals surface area (Å²) >= 11 is 0. The monoisotopic (exact) mass is 425 g/mol. The van der Waals surface area contributed by atoms with Crippen molar-refractivity contribution in [2.45, 2.75) is 32.7 Å². The van der Waals surface area contributed by atoms with Crippen molar-refractivity contribution in [2.75, 3.05) is 20.8 Å². The van der Waals surface area contributed by atoms with Crippen LogP contribution >= 0.6 is 0 Å². The van der Waals surface area contributed by atoms with Gasteiger partial charge in [-0.1, -0.05) is 19.4 Å². The van der Waals surface area contributed by atoms with Crippen LogP contribution in [-0.4, -0.2) is 47.6 Å². The van der Waals surface area contributed by atoms with Crippen molar-refractivity contribution in [3.63, 3.8) is 0 Å². The van der Waals surface area contributed by atoms with Crippen LogP contribution in [0.2, 0.25) is 0 Å². The summed E-state index contributed by atoms with van der Waals surface area (Å²) in [5, 5.41) is 21.4. The molecule has 164 valence electrons. The van der Waals surface area contributed by atoms with Crippen molar-refractivity contribution in [3.8, 4) is 17.2 Å². The SMILES string of the molecule is CCCCN1C(=O)C(=O)/C(=C(\O)c2ccc(OC)cc2C)C1c1ccc(OC)c(O)c1. The van der Waals surface area contributed by atoms with Crippen LogP contribution in [0.4, 0.5) is 0 Å². The zero-order valence-electron chi connectivity index (χ0n) is 18.1. The lowest BCUT2D eigenvalue weighted by Crippen LogP contribution is -2.30. The van der Waals surface area contributed by atoms with Gasteiger partial charge in [0, 0.05) is 12.1 Å². The molecule has 7 heteroatoms. The Morgan fingerprint density at radius 2 is 1.84 bits per heavy atom. The standard InChI is InChI=1S/C24H27NO6/c1-5-6-11-25-21(15-7-10-19(31-4)18(26)13-15)20(23(28)24(25)29)22(27)17-9-8-16(30-3)12-14(17)2/h7-10,12-13,21,26-27H,5-6,11H2,1-4H3/b22-20-. The molecular formula is C24H27NO6. The Labute approximate surface area is 181 Å². The number of rotatable bonds is 7. The number of hydrogen-bond donors (Lipinski definition) is 2. The van der Waals surface area contributed by atoms with E-state index in [-0.39, 0.29) is 22.8 Å². The number of ketones is 1. The number of phenols is 1. The first-order valence-corrected chi connectivity index (χ1v) is 10.1. The van der Waals surface area contributed by atoms with E-state index in [9.17, 15) is 19.8 Å². The van der Waals surface area contributed by atoms with Crippen molar-refractivity contribution in [3.05, 3.63) is 58.7 Å². The van der Waals surface area contributed by atoms with E-state index in [2.05, 4.69) is 0 Å². The molecule has 1 amide bonds. The molecule has 1 saturated heterocycles. The van der Waals surface area contributed by atoms with Gasteiger partial charge in [0.15, 0.2) is 11.5 Å². The third-order valence-corrected chi connectivity index (χ3v) is 5.50. The average molecular weight is 425 g/mol. The fourth-order valence-electron chi connectivity index (χ4n) is 3.84. The average Bonchev–Trinajstić information content (AvgIpc) is 3.01. The topological polar surface area (TPSA) is 96.3 Å². The number of hydrogen-bond acceptors (Lipinski definition) is 6. The fraction of sp³-hybridized carbons (Fsp3) is 0.333. The lowest BCUT2D eigenvalue weighted by molar-refractivity contribution is -0.139. The van der Waals surface area contributed by atoms with Crippen molar-refractivity contribution < 1.29 is 29.3 Å². The molecule has 1 atom stereocenters. The summed E-state index contributed by atoms with van der Waals surface area (Å²) in [6.07, 6.45) is 1.54. The first kappa shape index (κ1) is 22.2. The second kappa shape index (κ2) is 9.12. The minimum absolute atomic E-state index is 0.000985. The number of aliphatic hydroxyl groups excluding tert-OH is 1. The minimum atomic E-state index is -0.815. The molecule has 1 fully saturated rings. The van der Waals surface area contributed by atoms with Gasteiger partial charge < -0.3 is 24.6 Å². The Morgan fingerprint density at radius 3 is 2.42 bits per heavy atom. The molecule has 7 nitrogen and oxygen atoms in total. The fourth-order valence-corrected chi connectivity index (χ4v) is 3.84. The molecule has 1 heterocycles. The van der Waals surface area contributed by atoms with Gasteiger partial charge >= 0.3 is 0 Å². The lowest BCUT2D eigenvalue weighted by Gasteiger charge is -2.25. The number of amides is 1. The molecular weight excluding hydrogens is 398 g/mol.